The Labute approximate surface area is 179 Å². The minimum absolute atomic E-state index is 0.0228. The zero-order valence-electron chi connectivity index (χ0n) is 18.1. The molecule has 1 aromatic rings. The first-order valence-corrected chi connectivity index (χ1v) is 11.1. The number of piperidine rings is 1. The molecule has 29 heavy (non-hydrogen) atoms. The van der Waals surface area contributed by atoms with Crippen LogP contribution in [0.3, 0.4) is 0 Å². The van der Waals surface area contributed by atoms with E-state index >= 15 is 0 Å². The molecule has 2 N–H and O–H groups in total. The lowest BCUT2D eigenvalue weighted by molar-refractivity contribution is -0.127. The van der Waals surface area contributed by atoms with Gasteiger partial charge in [-0.15, -0.1) is 0 Å². The van der Waals surface area contributed by atoms with Gasteiger partial charge in [-0.3, -0.25) is 10.2 Å². The van der Waals surface area contributed by atoms with Gasteiger partial charge in [-0.2, -0.15) is 0 Å². The fourth-order valence-corrected chi connectivity index (χ4v) is 4.65. The van der Waals surface area contributed by atoms with E-state index in [2.05, 4.69) is 18.3 Å². The number of amidine groups is 1. The van der Waals surface area contributed by atoms with Crippen molar-refractivity contribution >= 4 is 29.0 Å². The van der Waals surface area contributed by atoms with Crippen molar-refractivity contribution in [1.82, 2.24) is 10.2 Å². The molecule has 1 amide bonds. The predicted octanol–water partition coefficient (Wildman–Crippen LogP) is 4.66. The molecule has 0 unspecified atom stereocenters. The fourth-order valence-electron chi connectivity index (χ4n) is 4.23. The maximum absolute atomic E-state index is 13.4. The predicted molar refractivity (Wildman–Crippen MR) is 121 cm³/mol. The van der Waals surface area contributed by atoms with Gasteiger partial charge in [-0.25, -0.2) is 0 Å². The Morgan fingerprint density at radius 1 is 1.34 bits per heavy atom. The first kappa shape index (κ1) is 21.7. The number of rotatable bonds is 7. The second kappa shape index (κ2) is 9.21. The molecule has 6 heteroatoms. The minimum Gasteiger partial charge on any atom is -0.383 e. The molecular formula is C23H33ClN4O. The van der Waals surface area contributed by atoms with Crippen LogP contribution < -0.4 is 10.2 Å². The summed E-state index contributed by atoms with van der Waals surface area (Å²) in [4.78, 5) is 17.3. The summed E-state index contributed by atoms with van der Waals surface area (Å²) >= 11 is 6.57. The van der Waals surface area contributed by atoms with Crippen molar-refractivity contribution in [2.75, 3.05) is 31.6 Å². The third-order valence-electron chi connectivity index (χ3n) is 5.75. The van der Waals surface area contributed by atoms with Crippen LogP contribution >= 0.6 is 11.6 Å². The molecule has 3 rings (SSSR count). The van der Waals surface area contributed by atoms with Crippen molar-refractivity contribution in [3.8, 4) is 0 Å². The molecule has 5 nitrogen and oxygen atoms in total. The van der Waals surface area contributed by atoms with Gasteiger partial charge in [0.2, 0.25) is 0 Å². The molecule has 1 heterocycles. The quantitative estimate of drug-likeness (QED) is 0.635. The van der Waals surface area contributed by atoms with Crippen LogP contribution in [0.2, 0.25) is 5.02 Å². The topological polar surface area (TPSA) is 59.4 Å². The van der Waals surface area contributed by atoms with E-state index in [0.29, 0.717) is 22.5 Å². The van der Waals surface area contributed by atoms with E-state index in [9.17, 15) is 4.79 Å². The standard InChI is InChI=1S/C23H33ClN4O/c1-5-10-27(14-17-8-9-17)23(29)20(26-4)18-7-6-11-28(22(18)25)21-16(3)12-15(2)13-19(21)24/h12-13,17,25-26H,5-11,14H2,1-4H3/b20-18-,25-22?. The van der Waals surface area contributed by atoms with Crippen LogP contribution in [0.1, 0.15) is 50.2 Å². The third-order valence-corrected chi connectivity index (χ3v) is 6.04. The van der Waals surface area contributed by atoms with Crippen molar-refractivity contribution in [2.45, 2.75) is 52.9 Å². The number of benzene rings is 1. The molecule has 0 bridgehead atoms. The molecule has 158 valence electrons. The summed E-state index contributed by atoms with van der Waals surface area (Å²) in [5.74, 6) is 1.05. The Morgan fingerprint density at radius 2 is 2.07 bits per heavy atom. The molecule has 1 aromatic carbocycles. The molecular weight excluding hydrogens is 384 g/mol. The zero-order valence-corrected chi connectivity index (χ0v) is 18.8. The number of hydrogen-bond acceptors (Lipinski definition) is 3. The first-order valence-electron chi connectivity index (χ1n) is 10.7. The van der Waals surface area contributed by atoms with Crippen LogP contribution in [0.4, 0.5) is 5.69 Å². The monoisotopic (exact) mass is 416 g/mol. The van der Waals surface area contributed by atoms with Gasteiger partial charge in [0, 0.05) is 32.3 Å². The Hall–Kier alpha value is -2.01. The van der Waals surface area contributed by atoms with E-state index in [1.165, 1.54) is 12.8 Å². The molecule has 2 aliphatic rings. The number of amides is 1. The molecule has 1 saturated heterocycles. The summed E-state index contributed by atoms with van der Waals surface area (Å²) in [6, 6.07) is 4.03. The number of carbonyl (C=O) groups excluding carboxylic acids is 1. The van der Waals surface area contributed by atoms with E-state index in [1.54, 1.807) is 7.05 Å². The highest BCUT2D eigenvalue weighted by atomic mass is 35.5. The van der Waals surface area contributed by atoms with Crippen molar-refractivity contribution < 1.29 is 4.79 Å². The summed E-state index contributed by atoms with van der Waals surface area (Å²) in [5, 5.41) is 12.7. The molecule has 1 saturated carbocycles. The normalized spacial score (nSPS) is 18.7. The summed E-state index contributed by atoms with van der Waals surface area (Å²) in [7, 11) is 1.79. The number of halogens is 1. The Morgan fingerprint density at radius 3 is 2.66 bits per heavy atom. The largest absolute Gasteiger partial charge is 0.383 e. The Balaban J connectivity index is 1.93. The Kier molecular flexibility index (Phi) is 6.89. The molecule has 0 atom stereocenters. The number of aryl methyl sites for hydroxylation is 2. The molecule has 2 fully saturated rings. The molecule has 0 spiro atoms. The van der Waals surface area contributed by atoms with E-state index in [1.807, 2.05) is 29.7 Å². The van der Waals surface area contributed by atoms with Crippen molar-refractivity contribution in [1.29, 1.82) is 5.41 Å². The highest BCUT2D eigenvalue weighted by molar-refractivity contribution is 6.34. The van der Waals surface area contributed by atoms with Gasteiger partial charge >= 0.3 is 0 Å². The lowest BCUT2D eigenvalue weighted by Gasteiger charge is -2.34. The van der Waals surface area contributed by atoms with Crippen LogP contribution in [0, 0.1) is 25.2 Å². The van der Waals surface area contributed by atoms with Gasteiger partial charge < -0.3 is 15.1 Å². The SMILES string of the molecule is CCCN(CC1CC1)C(=O)/C(NC)=C1\CCCN(c2c(C)cc(C)cc2Cl)C1=N. The van der Waals surface area contributed by atoms with E-state index < -0.39 is 0 Å². The number of likely N-dealkylation sites (N-methyl/N-ethyl adjacent to an activating group) is 1. The van der Waals surface area contributed by atoms with E-state index in [4.69, 9.17) is 17.0 Å². The van der Waals surface area contributed by atoms with Crippen LogP contribution in [-0.2, 0) is 4.79 Å². The number of nitrogens with one attached hydrogen (secondary N) is 2. The number of hydrogen-bond donors (Lipinski definition) is 2. The summed E-state index contributed by atoms with van der Waals surface area (Å²) in [6.07, 6.45) is 4.98. The first-order chi connectivity index (χ1) is 13.9. The zero-order chi connectivity index (χ0) is 21.1. The van der Waals surface area contributed by atoms with E-state index in [-0.39, 0.29) is 5.91 Å². The molecule has 1 aliphatic heterocycles. The van der Waals surface area contributed by atoms with Gasteiger partial charge in [0.15, 0.2) is 0 Å². The Bertz CT molecular complexity index is 805. The second-order valence-electron chi connectivity index (χ2n) is 8.31. The number of nitrogens with zero attached hydrogens (tertiary/aromatic N) is 2. The van der Waals surface area contributed by atoms with Gasteiger partial charge in [-0.05, 0) is 69.1 Å². The van der Waals surface area contributed by atoms with Gasteiger partial charge in [-0.1, -0.05) is 24.6 Å². The summed E-state index contributed by atoms with van der Waals surface area (Å²) < 4.78 is 0. The van der Waals surface area contributed by atoms with Gasteiger partial charge in [0.05, 0.1) is 10.7 Å². The van der Waals surface area contributed by atoms with Crippen molar-refractivity contribution in [2.24, 2.45) is 5.92 Å². The maximum atomic E-state index is 13.4. The number of carbonyl (C=O) groups is 1. The van der Waals surface area contributed by atoms with Crippen molar-refractivity contribution in [3.63, 3.8) is 0 Å². The summed E-state index contributed by atoms with van der Waals surface area (Å²) in [5.41, 5.74) is 4.40. The average molecular weight is 417 g/mol. The van der Waals surface area contributed by atoms with E-state index in [0.717, 1.165) is 61.3 Å². The van der Waals surface area contributed by atoms with Crippen LogP contribution in [0.5, 0.6) is 0 Å². The second-order valence-corrected chi connectivity index (χ2v) is 8.72. The molecule has 0 radical (unpaired) electrons. The van der Waals surface area contributed by atoms with Crippen LogP contribution in [0.15, 0.2) is 23.4 Å². The lowest BCUT2D eigenvalue weighted by atomic mass is 9.98. The van der Waals surface area contributed by atoms with Crippen molar-refractivity contribution in [3.05, 3.63) is 39.6 Å². The van der Waals surface area contributed by atoms with Gasteiger partial charge in [0.1, 0.15) is 11.5 Å². The third kappa shape index (κ3) is 4.77. The van der Waals surface area contributed by atoms with Crippen LogP contribution in [-0.4, -0.2) is 43.3 Å². The fraction of sp³-hybridized carbons (Fsp3) is 0.565. The lowest BCUT2D eigenvalue weighted by Crippen LogP contribution is -2.43. The highest BCUT2D eigenvalue weighted by Crippen LogP contribution is 2.35. The minimum atomic E-state index is 0.0228. The van der Waals surface area contributed by atoms with Gasteiger partial charge in [0.25, 0.3) is 5.91 Å². The molecule has 1 aliphatic carbocycles. The summed E-state index contributed by atoms with van der Waals surface area (Å²) in [6.45, 7) is 8.47. The molecule has 0 aromatic heterocycles. The highest BCUT2D eigenvalue weighted by Gasteiger charge is 2.32. The smallest absolute Gasteiger partial charge is 0.270 e. The van der Waals surface area contributed by atoms with Crippen LogP contribution in [0.25, 0.3) is 0 Å². The maximum Gasteiger partial charge on any atom is 0.270 e. The average Bonchev–Trinajstić information content (AvgIpc) is 3.47. The number of anilines is 1.